The number of rotatable bonds is 2. The van der Waals surface area contributed by atoms with E-state index in [9.17, 15) is 18.4 Å². The molecule has 0 spiro atoms. The number of amides is 2. The van der Waals surface area contributed by atoms with Crippen LogP contribution in [-0.2, 0) is 4.79 Å². The topological polar surface area (TPSA) is 52.7 Å². The maximum Gasteiger partial charge on any atom is 0.257 e. The van der Waals surface area contributed by atoms with E-state index in [1.54, 1.807) is 4.90 Å². The van der Waals surface area contributed by atoms with E-state index >= 15 is 0 Å². The highest BCUT2D eigenvalue weighted by Gasteiger charge is 2.49. The number of fused-ring (bicyclic) bond motifs is 1. The number of likely N-dealkylation sites (tertiary alicyclic amines) is 1. The molecule has 1 aliphatic carbocycles. The summed E-state index contributed by atoms with van der Waals surface area (Å²) in [6, 6.07) is 2.63. The van der Waals surface area contributed by atoms with Crippen molar-refractivity contribution in [3.63, 3.8) is 0 Å². The van der Waals surface area contributed by atoms with Crippen LogP contribution in [0.5, 0.6) is 0 Å². The fourth-order valence-corrected chi connectivity index (χ4v) is 5.12. The number of carbonyl (C=O) groups is 2. The van der Waals surface area contributed by atoms with Crippen LogP contribution >= 0.6 is 12.4 Å². The van der Waals surface area contributed by atoms with Gasteiger partial charge >= 0.3 is 0 Å². The highest BCUT2D eigenvalue weighted by molar-refractivity contribution is 5.98. The Balaban J connectivity index is 0.00000240. The Kier molecular flexibility index (Phi) is 6.79. The summed E-state index contributed by atoms with van der Waals surface area (Å²) in [4.78, 5) is 30.0. The third-order valence-electron chi connectivity index (χ3n) is 6.45. The van der Waals surface area contributed by atoms with Crippen LogP contribution in [0, 0.1) is 17.6 Å². The lowest BCUT2D eigenvalue weighted by molar-refractivity contribution is -0.136. The molecule has 29 heavy (non-hydrogen) atoms. The summed E-state index contributed by atoms with van der Waals surface area (Å²) in [6.45, 7) is 3.98. The number of nitrogens with zero attached hydrogens (tertiary/aromatic N) is 2. The Bertz CT molecular complexity index is 778. The summed E-state index contributed by atoms with van der Waals surface area (Å²) in [6.07, 6.45) is 4.56. The van der Waals surface area contributed by atoms with E-state index in [4.69, 9.17) is 0 Å². The fourth-order valence-electron chi connectivity index (χ4n) is 5.12. The van der Waals surface area contributed by atoms with Crippen molar-refractivity contribution < 1.29 is 18.4 Å². The second kappa shape index (κ2) is 8.96. The molecule has 3 fully saturated rings. The van der Waals surface area contributed by atoms with Crippen LogP contribution in [0.25, 0.3) is 0 Å². The van der Waals surface area contributed by atoms with E-state index in [1.165, 1.54) is 6.07 Å². The van der Waals surface area contributed by atoms with Gasteiger partial charge in [-0.05, 0) is 44.2 Å². The summed E-state index contributed by atoms with van der Waals surface area (Å²) in [5.74, 6) is -1.85. The van der Waals surface area contributed by atoms with E-state index in [-0.39, 0.29) is 41.9 Å². The van der Waals surface area contributed by atoms with Gasteiger partial charge in [-0.15, -0.1) is 12.4 Å². The molecule has 2 aliphatic heterocycles. The van der Waals surface area contributed by atoms with Gasteiger partial charge in [-0.25, -0.2) is 8.78 Å². The van der Waals surface area contributed by atoms with Crippen LogP contribution in [0.2, 0.25) is 0 Å². The SMILES string of the molecule is CC1CN(C(=O)C2CC3CCCCC3N2C(=O)c2ccc(F)cc2F)CCN1.Cl. The molecular formula is C21H28ClF2N3O2. The molecule has 160 valence electrons. The van der Waals surface area contributed by atoms with Crippen molar-refractivity contribution in [3.8, 4) is 0 Å². The molecule has 3 aliphatic rings. The van der Waals surface area contributed by atoms with E-state index in [0.29, 0.717) is 19.5 Å². The molecule has 2 heterocycles. The highest BCUT2D eigenvalue weighted by atomic mass is 35.5. The molecule has 5 nitrogen and oxygen atoms in total. The molecule has 1 aromatic carbocycles. The quantitative estimate of drug-likeness (QED) is 0.789. The smallest absolute Gasteiger partial charge is 0.257 e. The third kappa shape index (κ3) is 4.26. The average Bonchev–Trinajstić information content (AvgIpc) is 3.06. The van der Waals surface area contributed by atoms with Crippen LogP contribution in [0.1, 0.15) is 49.4 Å². The lowest BCUT2D eigenvalue weighted by Crippen LogP contribution is -2.57. The first-order chi connectivity index (χ1) is 13.5. The third-order valence-corrected chi connectivity index (χ3v) is 6.45. The summed E-state index contributed by atoms with van der Waals surface area (Å²) in [7, 11) is 0. The largest absolute Gasteiger partial charge is 0.338 e. The van der Waals surface area contributed by atoms with Gasteiger partial charge in [0.2, 0.25) is 5.91 Å². The van der Waals surface area contributed by atoms with Gasteiger partial charge in [0.25, 0.3) is 5.91 Å². The van der Waals surface area contributed by atoms with Gasteiger partial charge in [0.1, 0.15) is 17.7 Å². The Morgan fingerprint density at radius 3 is 2.66 bits per heavy atom. The lowest BCUT2D eigenvalue weighted by Gasteiger charge is -2.37. The van der Waals surface area contributed by atoms with Crippen molar-refractivity contribution in [1.29, 1.82) is 0 Å². The second-order valence-electron chi connectivity index (χ2n) is 8.34. The maximum absolute atomic E-state index is 14.3. The van der Waals surface area contributed by atoms with Crippen molar-refractivity contribution in [1.82, 2.24) is 15.1 Å². The van der Waals surface area contributed by atoms with Crippen molar-refractivity contribution in [2.45, 2.75) is 57.2 Å². The molecule has 0 radical (unpaired) electrons. The summed E-state index contributed by atoms with van der Waals surface area (Å²) < 4.78 is 27.6. The molecule has 0 bridgehead atoms. The first-order valence-corrected chi connectivity index (χ1v) is 10.3. The van der Waals surface area contributed by atoms with Crippen molar-refractivity contribution in [2.24, 2.45) is 5.92 Å². The molecule has 1 saturated carbocycles. The number of benzene rings is 1. The molecular weight excluding hydrogens is 400 g/mol. The number of nitrogens with one attached hydrogen (secondary N) is 1. The number of hydrogen-bond acceptors (Lipinski definition) is 3. The number of halogens is 3. The molecule has 0 aromatic heterocycles. The standard InChI is InChI=1S/C21H27F2N3O2.ClH/c1-13-12-25(9-8-24-13)21(28)19-10-14-4-2-3-5-18(14)26(19)20(27)16-7-6-15(22)11-17(16)23;/h6-7,11,13-14,18-19,24H,2-5,8-10,12H2,1H3;1H. The molecule has 1 N–H and O–H groups in total. The van der Waals surface area contributed by atoms with E-state index in [0.717, 1.165) is 44.4 Å². The maximum atomic E-state index is 14.3. The van der Waals surface area contributed by atoms with Gasteiger partial charge < -0.3 is 15.1 Å². The first kappa shape index (κ1) is 22.0. The molecule has 2 amide bonds. The molecule has 4 unspecified atom stereocenters. The zero-order valence-corrected chi connectivity index (χ0v) is 17.4. The van der Waals surface area contributed by atoms with Gasteiger partial charge in [0.15, 0.2) is 0 Å². The van der Waals surface area contributed by atoms with Gasteiger partial charge in [-0.2, -0.15) is 0 Å². The Morgan fingerprint density at radius 2 is 1.93 bits per heavy atom. The minimum atomic E-state index is -0.869. The fraction of sp³-hybridized carbons (Fsp3) is 0.619. The molecule has 4 rings (SSSR count). The summed E-state index contributed by atoms with van der Waals surface area (Å²) >= 11 is 0. The van der Waals surface area contributed by atoms with Crippen molar-refractivity contribution in [3.05, 3.63) is 35.4 Å². The summed E-state index contributed by atoms with van der Waals surface area (Å²) in [5.41, 5.74) is -0.154. The molecule has 4 atom stereocenters. The van der Waals surface area contributed by atoms with Crippen molar-refractivity contribution in [2.75, 3.05) is 19.6 Å². The van der Waals surface area contributed by atoms with E-state index in [2.05, 4.69) is 5.32 Å². The van der Waals surface area contributed by atoms with Crippen LogP contribution in [0.3, 0.4) is 0 Å². The minimum absolute atomic E-state index is 0. The van der Waals surface area contributed by atoms with Gasteiger partial charge in [-0.3, -0.25) is 9.59 Å². The van der Waals surface area contributed by atoms with Crippen molar-refractivity contribution >= 4 is 24.2 Å². The normalized spacial score (nSPS) is 29.2. The number of piperazine rings is 1. The van der Waals surface area contributed by atoms with E-state index in [1.807, 2.05) is 11.8 Å². The van der Waals surface area contributed by atoms with E-state index < -0.39 is 23.6 Å². The van der Waals surface area contributed by atoms with Crippen LogP contribution in [-0.4, -0.2) is 59.4 Å². The lowest BCUT2D eigenvalue weighted by atomic mass is 9.84. The average molecular weight is 428 g/mol. The Labute approximate surface area is 176 Å². The number of hydrogen-bond donors (Lipinski definition) is 1. The Morgan fingerprint density at radius 1 is 1.17 bits per heavy atom. The zero-order valence-electron chi connectivity index (χ0n) is 16.6. The van der Waals surface area contributed by atoms with Crippen LogP contribution < -0.4 is 5.32 Å². The summed E-state index contributed by atoms with van der Waals surface area (Å²) in [5, 5.41) is 3.32. The second-order valence-corrected chi connectivity index (χ2v) is 8.34. The van der Waals surface area contributed by atoms with Gasteiger partial charge in [-0.1, -0.05) is 12.8 Å². The minimum Gasteiger partial charge on any atom is -0.338 e. The van der Waals surface area contributed by atoms with Gasteiger partial charge in [0, 0.05) is 37.8 Å². The number of carbonyl (C=O) groups excluding carboxylic acids is 2. The van der Waals surface area contributed by atoms with Gasteiger partial charge in [0.05, 0.1) is 5.56 Å². The van der Waals surface area contributed by atoms with Crippen LogP contribution in [0.15, 0.2) is 18.2 Å². The molecule has 1 aromatic rings. The molecule has 2 saturated heterocycles. The zero-order chi connectivity index (χ0) is 19.8. The molecule has 8 heteroatoms. The first-order valence-electron chi connectivity index (χ1n) is 10.3. The Hall–Kier alpha value is -1.73. The predicted molar refractivity (Wildman–Crippen MR) is 108 cm³/mol. The predicted octanol–water partition coefficient (Wildman–Crippen LogP) is 2.98. The monoisotopic (exact) mass is 427 g/mol. The highest BCUT2D eigenvalue weighted by Crippen LogP contribution is 2.41. The van der Waals surface area contributed by atoms with Crippen LogP contribution in [0.4, 0.5) is 8.78 Å².